The SMILES string of the molecule is Cn1cc(CCCc2nn[nH]n2)c2ccccc21. The number of fused-ring (bicyclic) bond motifs is 1. The Hall–Kier alpha value is -2.17. The van der Waals surface area contributed by atoms with Crippen molar-refractivity contribution in [2.24, 2.45) is 7.05 Å². The Kier molecular flexibility index (Phi) is 2.80. The van der Waals surface area contributed by atoms with Crippen LogP contribution in [0.2, 0.25) is 0 Å². The Morgan fingerprint density at radius 3 is 2.94 bits per heavy atom. The Morgan fingerprint density at radius 1 is 1.22 bits per heavy atom. The fourth-order valence-corrected chi connectivity index (χ4v) is 2.35. The summed E-state index contributed by atoms with van der Waals surface area (Å²) in [5, 5.41) is 15.3. The summed E-state index contributed by atoms with van der Waals surface area (Å²) in [7, 11) is 2.09. The number of aryl methyl sites for hydroxylation is 3. The maximum Gasteiger partial charge on any atom is 0.174 e. The molecule has 0 unspecified atom stereocenters. The maximum absolute atomic E-state index is 3.96. The Morgan fingerprint density at radius 2 is 2.11 bits per heavy atom. The van der Waals surface area contributed by atoms with E-state index in [1.54, 1.807) is 0 Å². The highest BCUT2D eigenvalue weighted by Gasteiger charge is 2.06. The van der Waals surface area contributed by atoms with Gasteiger partial charge >= 0.3 is 0 Å². The van der Waals surface area contributed by atoms with Crippen molar-refractivity contribution in [2.75, 3.05) is 0 Å². The lowest BCUT2D eigenvalue weighted by Crippen LogP contribution is -1.92. The minimum Gasteiger partial charge on any atom is -0.350 e. The number of para-hydroxylation sites is 1. The zero-order valence-corrected chi connectivity index (χ0v) is 10.3. The number of H-pyrrole nitrogens is 1. The summed E-state index contributed by atoms with van der Waals surface area (Å²) < 4.78 is 2.18. The normalized spacial score (nSPS) is 11.2. The van der Waals surface area contributed by atoms with Crippen molar-refractivity contribution in [3.8, 4) is 0 Å². The lowest BCUT2D eigenvalue weighted by Gasteiger charge is -1.97. The first kappa shape index (κ1) is 11.0. The molecule has 1 N–H and O–H groups in total. The highest BCUT2D eigenvalue weighted by atomic mass is 15.5. The molecule has 0 fully saturated rings. The summed E-state index contributed by atoms with van der Waals surface area (Å²) in [4.78, 5) is 0. The number of hydrogen-bond acceptors (Lipinski definition) is 3. The summed E-state index contributed by atoms with van der Waals surface area (Å²) in [5.74, 6) is 0.787. The second-order valence-corrected chi connectivity index (χ2v) is 4.46. The first-order valence-corrected chi connectivity index (χ1v) is 6.10. The minimum absolute atomic E-state index is 0.787. The van der Waals surface area contributed by atoms with Gasteiger partial charge in [0.05, 0.1) is 0 Å². The van der Waals surface area contributed by atoms with Gasteiger partial charge in [0.15, 0.2) is 5.82 Å². The van der Waals surface area contributed by atoms with Crippen molar-refractivity contribution < 1.29 is 0 Å². The summed E-state index contributed by atoms with van der Waals surface area (Å²) in [6.07, 6.45) is 5.14. The number of tetrazole rings is 1. The molecule has 2 heterocycles. The molecule has 0 radical (unpaired) electrons. The van der Waals surface area contributed by atoms with Crippen LogP contribution in [-0.2, 0) is 19.9 Å². The first-order valence-electron chi connectivity index (χ1n) is 6.10. The van der Waals surface area contributed by atoms with Gasteiger partial charge in [0.2, 0.25) is 0 Å². The third-order valence-corrected chi connectivity index (χ3v) is 3.22. The van der Waals surface area contributed by atoms with Gasteiger partial charge in [0.1, 0.15) is 0 Å². The monoisotopic (exact) mass is 241 g/mol. The molecule has 5 heteroatoms. The van der Waals surface area contributed by atoms with Crippen molar-refractivity contribution in [1.29, 1.82) is 0 Å². The largest absolute Gasteiger partial charge is 0.350 e. The van der Waals surface area contributed by atoms with Crippen molar-refractivity contribution in [1.82, 2.24) is 25.2 Å². The van der Waals surface area contributed by atoms with Crippen molar-refractivity contribution in [2.45, 2.75) is 19.3 Å². The molecule has 2 aromatic heterocycles. The molecule has 0 aliphatic rings. The summed E-state index contributed by atoms with van der Waals surface area (Å²) in [6.45, 7) is 0. The zero-order valence-electron chi connectivity index (χ0n) is 10.3. The lowest BCUT2D eigenvalue weighted by molar-refractivity contribution is 0.773. The molecule has 3 aromatic rings. The van der Waals surface area contributed by atoms with Crippen molar-refractivity contribution >= 4 is 10.9 Å². The molecule has 5 nitrogen and oxygen atoms in total. The summed E-state index contributed by atoms with van der Waals surface area (Å²) >= 11 is 0. The smallest absolute Gasteiger partial charge is 0.174 e. The number of aromatic amines is 1. The Balaban J connectivity index is 1.75. The highest BCUT2D eigenvalue weighted by molar-refractivity contribution is 5.83. The summed E-state index contributed by atoms with van der Waals surface area (Å²) in [6, 6.07) is 8.49. The molecule has 0 aliphatic heterocycles. The zero-order chi connectivity index (χ0) is 12.4. The standard InChI is InChI=1S/C13H15N5/c1-18-9-10(11-6-2-3-7-12(11)18)5-4-8-13-14-16-17-15-13/h2-3,6-7,9H,4-5,8H2,1H3,(H,14,15,16,17). The number of rotatable bonds is 4. The first-order chi connectivity index (χ1) is 8.84. The fraction of sp³-hybridized carbons (Fsp3) is 0.308. The number of nitrogens with one attached hydrogen (secondary N) is 1. The summed E-state index contributed by atoms with van der Waals surface area (Å²) in [5.41, 5.74) is 2.67. The molecule has 0 amide bonds. The van der Waals surface area contributed by atoms with Crippen LogP contribution in [0.5, 0.6) is 0 Å². The van der Waals surface area contributed by atoms with Crippen LogP contribution >= 0.6 is 0 Å². The molecular weight excluding hydrogens is 226 g/mol. The topological polar surface area (TPSA) is 59.4 Å². The number of hydrogen-bond donors (Lipinski definition) is 1. The van der Waals surface area contributed by atoms with Crippen LogP contribution in [0, 0.1) is 0 Å². The third-order valence-electron chi connectivity index (χ3n) is 3.22. The van der Waals surface area contributed by atoms with Crippen LogP contribution in [-0.4, -0.2) is 25.2 Å². The van der Waals surface area contributed by atoms with Gasteiger partial charge in [-0.1, -0.05) is 23.4 Å². The van der Waals surface area contributed by atoms with E-state index in [1.807, 2.05) is 0 Å². The van der Waals surface area contributed by atoms with Crippen LogP contribution in [0.1, 0.15) is 17.8 Å². The van der Waals surface area contributed by atoms with Gasteiger partial charge in [-0.15, -0.1) is 10.2 Å². The fourth-order valence-electron chi connectivity index (χ4n) is 2.35. The molecule has 1 aromatic carbocycles. The van der Waals surface area contributed by atoms with E-state index in [4.69, 9.17) is 0 Å². The van der Waals surface area contributed by atoms with E-state index < -0.39 is 0 Å². The van der Waals surface area contributed by atoms with E-state index in [2.05, 4.69) is 62.7 Å². The molecule has 0 aliphatic carbocycles. The van der Waals surface area contributed by atoms with E-state index in [9.17, 15) is 0 Å². The van der Waals surface area contributed by atoms with E-state index in [0.29, 0.717) is 0 Å². The molecule has 0 bridgehead atoms. The number of benzene rings is 1. The number of aromatic nitrogens is 5. The predicted octanol–water partition coefficient (Wildman–Crippen LogP) is 1.87. The van der Waals surface area contributed by atoms with Gasteiger partial charge in [-0.3, -0.25) is 0 Å². The van der Waals surface area contributed by atoms with E-state index in [0.717, 1.165) is 25.1 Å². The molecular formula is C13H15N5. The maximum atomic E-state index is 3.96. The van der Waals surface area contributed by atoms with Gasteiger partial charge < -0.3 is 4.57 Å². The molecule has 0 saturated heterocycles. The molecule has 0 atom stereocenters. The molecule has 0 saturated carbocycles. The average molecular weight is 241 g/mol. The Labute approximate surface area is 105 Å². The van der Waals surface area contributed by atoms with E-state index in [-0.39, 0.29) is 0 Å². The van der Waals surface area contributed by atoms with Gasteiger partial charge in [-0.05, 0) is 24.5 Å². The second-order valence-electron chi connectivity index (χ2n) is 4.46. The quantitative estimate of drug-likeness (QED) is 0.758. The lowest BCUT2D eigenvalue weighted by atomic mass is 10.1. The minimum atomic E-state index is 0.787. The van der Waals surface area contributed by atoms with Crippen LogP contribution in [0.15, 0.2) is 30.5 Å². The molecule has 0 spiro atoms. The Bertz CT molecular complexity index is 639. The second kappa shape index (κ2) is 4.60. The van der Waals surface area contributed by atoms with Gasteiger partial charge in [0, 0.05) is 30.6 Å². The average Bonchev–Trinajstić information content (AvgIpc) is 3.00. The van der Waals surface area contributed by atoms with Gasteiger partial charge in [-0.2, -0.15) is 5.21 Å². The van der Waals surface area contributed by atoms with E-state index >= 15 is 0 Å². The molecule has 3 rings (SSSR count). The highest BCUT2D eigenvalue weighted by Crippen LogP contribution is 2.21. The van der Waals surface area contributed by atoms with Crippen LogP contribution in [0.3, 0.4) is 0 Å². The van der Waals surface area contributed by atoms with Crippen molar-refractivity contribution in [3.05, 3.63) is 41.9 Å². The predicted molar refractivity (Wildman–Crippen MR) is 69.1 cm³/mol. The van der Waals surface area contributed by atoms with Gasteiger partial charge in [0.25, 0.3) is 0 Å². The van der Waals surface area contributed by atoms with Crippen LogP contribution < -0.4 is 0 Å². The van der Waals surface area contributed by atoms with Gasteiger partial charge in [-0.25, -0.2) is 0 Å². The molecule has 18 heavy (non-hydrogen) atoms. The number of nitrogens with zero attached hydrogens (tertiary/aromatic N) is 4. The van der Waals surface area contributed by atoms with Crippen molar-refractivity contribution in [3.63, 3.8) is 0 Å². The van der Waals surface area contributed by atoms with E-state index in [1.165, 1.54) is 16.5 Å². The van der Waals surface area contributed by atoms with Crippen LogP contribution in [0.25, 0.3) is 10.9 Å². The van der Waals surface area contributed by atoms with Crippen LogP contribution in [0.4, 0.5) is 0 Å². The third kappa shape index (κ3) is 1.99. The molecule has 92 valence electrons.